The highest BCUT2D eigenvalue weighted by Crippen LogP contribution is 2.16. The minimum Gasteiger partial charge on any atom is -0.497 e. The van der Waals surface area contributed by atoms with E-state index in [1.807, 2.05) is 24.3 Å². The second kappa shape index (κ2) is 11.7. The first kappa shape index (κ1) is 23.0. The molecular formula is C21H27F2NO5. The van der Waals surface area contributed by atoms with Gasteiger partial charge in [0.05, 0.1) is 38.6 Å². The quantitative estimate of drug-likeness (QED) is 0.559. The molecule has 0 bridgehead atoms. The number of hydrogen-bond acceptors (Lipinski definition) is 6. The van der Waals surface area contributed by atoms with E-state index in [4.69, 9.17) is 24.7 Å². The molecule has 0 fully saturated rings. The highest BCUT2D eigenvalue weighted by Gasteiger charge is 2.21. The fourth-order valence-electron chi connectivity index (χ4n) is 2.62. The van der Waals surface area contributed by atoms with Crippen molar-refractivity contribution in [3.63, 3.8) is 0 Å². The molecule has 3 N–H and O–H groups in total. The fourth-order valence-corrected chi connectivity index (χ4v) is 2.62. The van der Waals surface area contributed by atoms with Crippen LogP contribution in [0, 0.1) is 11.6 Å². The molecule has 0 aromatic heterocycles. The van der Waals surface area contributed by atoms with E-state index in [9.17, 15) is 13.9 Å². The summed E-state index contributed by atoms with van der Waals surface area (Å²) in [4.78, 5) is 0. The lowest BCUT2D eigenvalue weighted by atomic mass is 10.1. The van der Waals surface area contributed by atoms with Gasteiger partial charge < -0.3 is 29.8 Å². The highest BCUT2D eigenvalue weighted by atomic mass is 19.1. The Hall–Kier alpha value is -2.26. The van der Waals surface area contributed by atoms with Crippen molar-refractivity contribution < 1.29 is 32.8 Å². The van der Waals surface area contributed by atoms with Crippen LogP contribution in [-0.2, 0) is 16.1 Å². The Morgan fingerprint density at radius 2 is 1.62 bits per heavy atom. The first-order valence-corrected chi connectivity index (χ1v) is 9.17. The van der Waals surface area contributed by atoms with E-state index in [1.165, 1.54) is 7.11 Å². The normalized spacial score (nSPS) is 14.3. The Bertz CT molecular complexity index is 724. The summed E-state index contributed by atoms with van der Waals surface area (Å²) in [5.41, 5.74) is 6.90. The van der Waals surface area contributed by atoms with Crippen molar-refractivity contribution in [1.29, 1.82) is 0 Å². The number of aliphatic hydroxyl groups is 1. The van der Waals surface area contributed by atoms with Gasteiger partial charge in [-0.3, -0.25) is 0 Å². The van der Waals surface area contributed by atoms with Crippen LogP contribution >= 0.6 is 0 Å². The van der Waals surface area contributed by atoms with E-state index >= 15 is 0 Å². The highest BCUT2D eigenvalue weighted by molar-refractivity contribution is 5.26. The molecule has 0 saturated carbocycles. The predicted molar refractivity (Wildman–Crippen MR) is 104 cm³/mol. The molecule has 3 atom stereocenters. The smallest absolute Gasteiger partial charge is 0.129 e. The fraction of sp³-hybridized carbons (Fsp3) is 0.429. The zero-order valence-corrected chi connectivity index (χ0v) is 16.5. The van der Waals surface area contributed by atoms with Crippen LogP contribution in [0.15, 0.2) is 42.5 Å². The van der Waals surface area contributed by atoms with Gasteiger partial charge >= 0.3 is 0 Å². The zero-order valence-electron chi connectivity index (χ0n) is 16.5. The maximum atomic E-state index is 13.2. The van der Waals surface area contributed by atoms with Gasteiger partial charge in [-0.25, -0.2) is 8.78 Å². The molecule has 6 nitrogen and oxygen atoms in total. The molecule has 2 rings (SSSR count). The number of ether oxygens (including phenoxy) is 4. The minimum atomic E-state index is -0.942. The van der Waals surface area contributed by atoms with Crippen molar-refractivity contribution in [2.75, 3.05) is 27.4 Å². The van der Waals surface area contributed by atoms with Gasteiger partial charge in [-0.1, -0.05) is 12.1 Å². The van der Waals surface area contributed by atoms with E-state index in [0.717, 1.165) is 29.5 Å². The van der Waals surface area contributed by atoms with Crippen molar-refractivity contribution >= 4 is 0 Å². The first-order chi connectivity index (χ1) is 13.9. The number of aliphatic hydroxyl groups excluding tert-OH is 1. The molecule has 0 aliphatic rings. The SMILES string of the molecule is COc1ccc(COCC(CC(O)[C@@H](N)COc2cc(F)cc(F)c2)OC)cc1. The Morgan fingerprint density at radius 3 is 2.21 bits per heavy atom. The van der Waals surface area contributed by atoms with Crippen molar-refractivity contribution in [2.24, 2.45) is 5.73 Å². The van der Waals surface area contributed by atoms with E-state index in [0.29, 0.717) is 6.61 Å². The lowest BCUT2D eigenvalue weighted by Gasteiger charge is -2.23. The Balaban J connectivity index is 1.74. The molecule has 8 heteroatoms. The lowest BCUT2D eigenvalue weighted by Crippen LogP contribution is -2.42. The largest absolute Gasteiger partial charge is 0.497 e. The number of nitrogens with two attached hydrogens (primary N) is 1. The Morgan fingerprint density at radius 1 is 0.966 bits per heavy atom. The molecule has 2 unspecified atom stereocenters. The number of benzene rings is 2. The molecule has 0 spiro atoms. The monoisotopic (exact) mass is 411 g/mol. The van der Waals surface area contributed by atoms with Crippen LogP contribution in [0.1, 0.15) is 12.0 Å². The summed E-state index contributed by atoms with van der Waals surface area (Å²) in [5, 5.41) is 10.3. The second-order valence-corrected chi connectivity index (χ2v) is 6.60. The third kappa shape index (κ3) is 7.94. The molecule has 0 aliphatic carbocycles. The third-order valence-corrected chi connectivity index (χ3v) is 4.34. The molecule has 0 saturated heterocycles. The maximum Gasteiger partial charge on any atom is 0.129 e. The molecule has 0 heterocycles. The van der Waals surface area contributed by atoms with Gasteiger partial charge in [0.1, 0.15) is 29.7 Å². The summed E-state index contributed by atoms with van der Waals surface area (Å²) >= 11 is 0. The van der Waals surface area contributed by atoms with Crippen LogP contribution in [0.25, 0.3) is 0 Å². The molecule has 2 aromatic rings. The minimum absolute atomic E-state index is 0.0104. The molecular weight excluding hydrogens is 384 g/mol. The zero-order chi connectivity index (χ0) is 21.2. The number of rotatable bonds is 12. The number of hydrogen-bond donors (Lipinski definition) is 2. The summed E-state index contributed by atoms with van der Waals surface area (Å²) in [6.07, 6.45) is -1.09. The van der Waals surface area contributed by atoms with Crippen molar-refractivity contribution in [1.82, 2.24) is 0 Å². The first-order valence-electron chi connectivity index (χ1n) is 9.17. The van der Waals surface area contributed by atoms with E-state index < -0.39 is 23.8 Å². The summed E-state index contributed by atoms with van der Waals surface area (Å²) in [5.74, 6) is -0.717. The van der Waals surface area contributed by atoms with Crippen molar-refractivity contribution in [3.05, 3.63) is 59.7 Å². The molecule has 29 heavy (non-hydrogen) atoms. The average Bonchev–Trinajstić information content (AvgIpc) is 2.70. The summed E-state index contributed by atoms with van der Waals surface area (Å²) in [7, 11) is 3.12. The summed E-state index contributed by atoms with van der Waals surface area (Å²) in [6.45, 7) is 0.551. The van der Waals surface area contributed by atoms with Crippen LogP contribution in [-0.4, -0.2) is 50.8 Å². The van der Waals surface area contributed by atoms with Gasteiger partial charge in [0, 0.05) is 31.7 Å². The van der Waals surface area contributed by atoms with Crippen molar-refractivity contribution in [2.45, 2.75) is 31.3 Å². The maximum absolute atomic E-state index is 13.2. The van der Waals surface area contributed by atoms with E-state index in [2.05, 4.69) is 0 Å². The Labute approximate surface area is 169 Å². The standard InChI is InChI=1S/C21H27F2NO5/c1-26-17-5-3-14(4-6-17)11-28-12-19(27-2)10-21(25)20(24)13-29-18-8-15(22)7-16(23)9-18/h3-9,19-21,25H,10-13,24H2,1-2H3/t19?,20-,21?/m0/s1. The molecule has 0 aliphatic heterocycles. The second-order valence-electron chi connectivity index (χ2n) is 6.60. The van der Waals surface area contributed by atoms with Crippen LogP contribution in [0.3, 0.4) is 0 Å². The average molecular weight is 411 g/mol. The van der Waals surface area contributed by atoms with Gasteiger partial charge in [-0.05, 0) is 17.7 Å². The van der Waals surface area contributed by atoms with Gasteiger partial charge in [0.2, 0.25) is 0 Å². The van der Waals surface area contributed by atoms with Crippen LogP contribution in [0.2, 0.25) is 0 Å². The summed E-state index contributed by atoms with van der Waals surface area (Å²) < 4.78 is 47.7. The van der Waals surface area contributed by atoms with Crippen LogP contribution < -0.4 is 15.2 Å². The lowest BCUT2D eigenvalue weighted by molar-refractivity contribution is -0.0288. The predicted octanol–water partition coefficient (Wildman–Crippen LogP) is 2.66. The number of methoxy groups -OCH3 is 2. The molecule has 0 amide bonds. The van der Waals surface area contributed by atoms with Crippen LogP contribution in [0.4, 0.5) is 8.78 Å². The van der Waals surface area contributed by atoms with E-state index in [1.54, 1.807) is 7.11 Å². The Kier molecular flexibility index (Phi) is 9.27. The van der Waals surface area contributed by atoms with Crippen LogP contribution in [0.5, 0.6) is 11.5 Å². The molecule has 160 valence electrons. The topological polar surface area (TPSA) is 83.2 Å². The van der Waals surface area contributed by atoms with Gasteiger partial charge in [0.15, 0.2) is 0 Å². The molecule has 2 aromatic carbocycles. The number of halogens is 2. The van der Waals surface area contributed by atoms with Gasteiger partial charge in [0.25, 0.3) is 0 Å². The van der Waals surface area contributed by atoms with Gasteiger partial charge in [-0.15, -0.1) is 0 Å². The van der Waals surface area contributed by atoms with E-state index in [-0.39, 0.29) is 31.5 Å². The summed E-state index contributed by atoms with van der Waals surface area (Å²) in [6, 6.07) is 9.58. The molecule has 0 radical (unpaired) electrons. The third-order valence-electron chi connectivity index (χ3n) is 4.34. The van der Waals surface area contributed by atoms with Gasteiger partial charge in [-0.2, -0.15) is 0 Å². The van der Waals surface area contributed by atoms with Crippen molar-refractivity contribution in [3.8, 4) is 11.5 Å².